The molecule has 1 aromatic heterocycles. The van der Waals surface area contributed by atoms with Crippen molar-refractivity contribution in [1.82, 2.24) is 14.8 Å². The van der Waals surface area contributed by atoms with Crippen molar-refractivity contribution in [2.24, 2.45) is 17.3 Å². The largest absolute Gasteiger partial charge is 0.495 e. The molecule has 3 aromatic rings. The molecule has 2 aromatic carbocycles. The zero-order chi connectivity index (χ0) is 33.4. The molecule has 1 N–H and O–H groups in total. The van der Waals surface area contributed by atoms with Gasteiger partial charge in [0.05, 0.1) is 23.9 Å². The second kappa shape index (κ2) is 11.6. The summed E-state index contributed by atoms with van der Waals surface area (Å²) in [5, 5.41) is 12.3. The van der Waals surface area contributed by atoms with Crippen molar-refractivity contribution in [3.8, 4) is 5.75 Å². The first-order valence-electron chi connectivity index (χ1n) is 17.8. The highest BCUT2D eigenvalue weighted by molar-refractivity contribution is 6.02. The first-order chi connectivity index (χ1) is 23.1. The third-order valence-electron chi connectivity index (χ3n) is 13.0. The number of aromatic nitrogens is 1. The summed E-state index contributed by atoms with van der Waals surface area (Å²) in [5.41, 5.74) is 3.81. The lowest BCUT2D eigenvalue weighted by Crippen LogP contribution is -2.56. The van der Waals surface area contributed by atoms with Gasteiger partial charge in [-0.3, -0.25) is 14.4 Å². The number of benzene rings is 2. The van der Waals surface area contributed by atoms with E-state index in [1.807, 2.05) is 37.3 Å². The Hall–Kier alpha value is -3.98. The number of carbonyl (C=O) groups is 3. The monoisotopic (exact) mass is 650 g/mol. The number of methoxy groups -OCH3 is 1. The van der Waals surface area contributed by atoms with Crippen LogP contribution in [0.15, 0.2) is 48.5 Å². The molecular weight excluding hydrogens is 604 g/mol. The van der Waals surface area contributed by atoms with E-state index in [0.29, 0.717) is 55.3 Å². The molecule has 48 heavy (non-hydrogen) atoms. The number of pyridine rings is 1. The highest BCUT2D eigenvalue weighted by atomic mass is 16.5. The van der Waals surface area contributed by atoms with Gasteiger partial charge in [-0.15, -0.1) is 0 Å². The van der Waals surface area contributed by atoms with E-state index < -0.39 is 11.6 Å². The Morgan fingerprint density at radius 2 is 1.81 bits per heavy atom. The van der Waals surface area contributed by atoms with E-state index in [2.05, 4.69) is 24.0 Å². The molecule has 0 spiro atoms. The van der Waals surface area contributed by atoms with Crippen LogP contribution < -0.4 is 9.64 Å². The predicted octanol–water partition coefficient (Wildman–Crippen LogP) is 5.33. The maximum Gasteiger partial charge on any atom is 0.273 e. The molecule has 8 rings (SSSR count). The lowest BCUT2D eigenvalue weighted by Gasteiger charge is -2.52. The Bertz CT molecular complexity index is 1810. The maximum atomic E-state index is 13.9. The van der Waals surface area contributed by atoms with E-state index in [4.69, 9.17) is 4.74 Å². The fraction of sp³-hybridized carbons (Fsp3) is 0.538. The number of likely N-dealkylation sites (tertiary alicyclic amines) is 1. The molecule has 3 heterocycles. The van der Waals surface area contributed by atoms with E-state index in [1.165, 1.54) is 11.1 Å². The molecule has 0 unspecified atom stereocenters. The van der Waals surface area contributed by atoms with Crippen molar-refractivity contribution >= 4 is 34.3 Å². The van der Waals surface area contributed by atoms with Crippen LogP contribution in [0.25, 0.3) is 10.9 Å². The zero-order valence-corrected chi connectivity index (χ0v) is 28.3. The molecule has 9 heteroatoms. The van der Waals surface area contributed by atoms with Gasteiger partial charge in [-0.2, -0.15) is 0 Å². The normalized spacial score (nSPS) is 31.4. The molecule has 2 saturated heterocycles. The van der Waals surface area contributed by atoms with Crippen LogP contribution in [0.5, 0.6) is 5.75 Å². The van der Waals surface area contributed by atoms with E-state index in [9.17, 15) is 19.5 Å². The summed E-state index contributed by atoms with van der Waals surface area (Å²) in [4.78, 5) is 50.9. The number of amides is 3. The minimum atomic E-state index is -0.617. The second-order valence-corrected chi connectivity index (χ2v) is 15.3. The Balaban J connectivity index is 0.994. The molecule has 6 atom stereocenters. The lowest BCUT2D eigenvalue weighted by molar-refractivity contribution is -0.140. The van der Waals surface area contributed by atoms with Gasteiger partial charge in [0, 0.05) is 25.0 Å². The smallest absolute Gasteiger partial charge is 0.273 e. The molecule has 0 radical (unpaired) electrons. The SMILES string of the molecule is COc1cc2c(cc1N1CCN(C(=O)[C@@H]3CCCN3C(=O)c3ccc4ccccc4n3)CC1=O)[C@H]1CC[C@@]3(C)[C@@H](CC[C@]3(C)O)[C@@H]1CC2. The van der Waals surface area contributed by atoms with Gasteiger partial charge < -0.3 is 24.5 Å². The molecule has 2 saturated carbocycles. The summed E-state index contributed by atoms with van der Waals surface area (Å²) in [7, 11) is 1.66. The van der Waals surface area contributed by atoms with E-state index in [0.717, 1.165) is 61.5 Å². The summed E-state index contributed by atoms with van der Waals surface area (Å²) >= 11 is 0. The van der Waals surface area contributed by atoms with Crippen molar-refractivity contribution in [3.05, 3.63) is 65.4 Å². The average molecular weight is 651 g/mol. The third-order valence-corrected chi connectivity index (χ3v) is 13.0. The number of carbonyl (C=O) groups excluding carboxylic acids is 3. The van der Waals surface area contributed by atoms with Gasteiger partial charge >= 0.3 is 0 Å². The van der Waals surface area contributed by atoms with Crippen molar-refractivity contribution in [2.45, 2.75) is 82.8 Å². The van der Waals surface area contributed by atoms with Crippen molar-refractivity contribution in [1.29, 1.82) is 0 Å². The van der Waals surface area contributed by atoms with E-state index in [-0.39, 0.29) is 29.7 Å². The number of hydrogen-bond donors (Lipinski definition) is 1. The third kappa shape index (κ3) is 4.83. The number of anilines is 1. The molecule has 252 valence electrons. The van der Waals surface area contributed by atoms with Crippen LogP contribution >= 0.6 is 0 Å². The highest BCUT2D eigenvalue weighted by Gasteiger charge is 2.59. The quantitative estimate of drug-likeness (QED) is 0.410. The molecule has 0 bridgehead atoms. The van der Waals surface area contributed by atoms with Crippen LogP contribution in [0.2, 0.25) is 0 Å². The fourth-order valence-electron chi connectivity index (χ4n) is 10.1. The molecule has 9 nitrogen and oxygen atoms in total. The first kappa shape index (κ1) is 31.3. The number of para-hydroxylation sites is 1. The Labute approximate surface area is 282 Å². The molecule has 4 fully saturated rings. The second-order valence-electron chi connectivity index (χ2n) is 15.3. The maximum absolute atomic E-state index is 13.9. The summed E-state index contributed by atoms with van der Waals surface area (Å²) in [6.45, 7) is 5.55. The summed E-state index contributed by atoms with van der Waals surface area (Å²) in [6.07, 6.45) is 7.37. The van der Waals surface area contributed by atoms with Crippen molar-refractivity contribution in [3.63, 3.8) is 0 Å². The van der Waals surface area contributed by atoms with Crippen molar-refractivity contribution in [2.75, 3.05) is 38.2 Å². The predicted molar refractivity (Wildman–Crippen MR) is 183 cm³/mol. The number of nitrogens with zero attached hydrogens (tertiary/aromatic N) is 4. The molecule has 5 aliphatic rings. The van der Waals surface area contributed by atoms with Crippen LogP contribution in [0.3, 0.4) is 0 Å². The number of ether oxygens (including phenoxy) is 1. The van der Waals surface area contributed by atoms with Gasteiger partial charge in [-0.1, -0.05) is 31.2 Å². The Morgan fingerprint density at radius 1 is 0.979 bits per heavy atom. The van der Waals surface area contributed by atoms with Gasteiger partial charge in [0.2, 0.25) is 11.8 Å². The van der Waals surface area contributed by atoms with Crippen LogP contribution in [0.1, 0.15) is 86.3 Å². The minimum Gasteiger partial charge on any atom is -0.495 e. The van der Waals surface area contributed by atoms with Crippen LogP contribution in [-0.2, 0) is 16.0 Å². The fourth-order valence-corrected chi connectivity index (χ4v) is 10.1. The standard InChI is InChI=1S/C39H46N4O5/c1-38-16-14-26-27(29(38)15-17-39(38,2)47)12-10-25-21-34(48-3)33(22-28(25)26)42-20-19-41(23-35(42)44)37(46)32-9-6-18-43(32)36(45)31-13-11-24-7-4-5-8-30(24)40-31/h4-5,7-8,11,13,21-22,26-27,29,32,47H,6,9-10,12,14-20,23H2,1-3H3/t26-,27+,29-,32-,38-,39-/m0/s1. The van der Waals surface area contributed by atoms with Gasteiger partial charge in [-0.25, -0.2) is 4.98 Å². The average Bonchev–Trinajstić information content (AvgIpc) is 3.68. The number of aryl methyl sites for hydroxylation is 1. The zero-order valence-electron chi connectivity index (χ0n) is 28.3. The van der Waals surface area contributed by atoms with E-state index >= 15 is 0 Å². The molecular formula is C39H46N4O5. The van der Waals surface area contributed by atoms with Gasteiger partial charge in [-0.05, 0) is 117 Å². The van der Waals surface area contributed by atoms with Gasteiger partial charge in [0.1, 0.15) is 24.0 Å². The first-order valence-corrected chi connectivity index (χ1v) is 17.8. The number of rotatable bonds is 4. The van der Waals surface area contributed by atoms with E-state index in [1.54, 1.807) is 27.9 Å². The number of piperazine rings is 1. The van der Waals surface area contributed by atoms with Crippen LogP contribution in [0, 0.1) is 17.3 Å². The number of aliphatic hydroxyl groups is 1. The summed E-state index contributed by atoms with van der Waals surface area (Å²) in [5.74, 6) is 1.57. The summed E-state index contributed by atoms with van der Waals surface area (Å²) < 4.78 is 5.87. The summed E-state index contributed by atoms with van der Waals surface area (Å²) in [6, 6.07) is 15.0. The molecule has 3 aliphatic carbocycles. The molecule has 2 aliphatic heterocycles. The minimum absolute atomic E-state index is 0.0343. The van der Waals surface area contributed by atoms with Gasteiger partial charge in [0.15, 0.2) is 0 Å². The topological polar surface area (TPSA) is 103 Å². The highest BCUT2D eigenvalue weighted by Crippen LogP contribution is 2.64. The van der Waals surface area contributed by atoms with Crippen molar-refractivity contribution < 1.29 is 24.2 Å². The van der Waals surface area contributed by atoms with Crippen LogP contribution in [-0.4, -0.2) is 82.5 Å². The molecule has 3 amide bonds. The number of fused-ring (bicyclic) bond motifs is 6. The lowest BCUT2D eigenvalue weighted by atomic mass is 9.53. The van der Waals surface area contributed by atoms with Crippen LogP contribution in [0.4, 0.5) is 5.69 Å². The Morgan fingerprint density at radius 3 is 2.62 bits per heavy atom. The number of hydrogen-bond acceptors (Lipinski definition) is 6. The Kier molecular flexibility index (Phi) is 7.55. The van der Waals surface area contributed by atoms with Gasteiger partial charge in [0.25, 0.3) is 5.91 Å².